The van der Waals surface area contributed by atoms with Gasteiger partial charge in [-0.05, 0) is 35.7 Å². The summed E-state index contributed by atoms with van der Waals surface area (Å²) in [7, 11) is 1.65. The lowest BCUT2D eigenvalue weighted by molar-refractivity contribution is 0.414. The molecular weight excluding hydrogens is 311 g/mol. The van der Waals surface area contributed by atoms with E-state index in [-0.39, 0.29) is 10.4 Å². The summed E-state index contributed by atoms with van der Waals surface area (Å²) in [5, 5.41) is 0.395. The number of ether oxygens (including phenoxy) is 1. The zero-order valence-corrected chi connectivity index (χ0v) is 12.8. The standard InChI is InChI=1S/C14H12Cl2N4O/c1-21-10-4-2-9(3-5-10)6-7-20-8-17-11-12(15)18-14(16)19-13(11)20/h2-5,8H,6-7H2,1H3. The van der Waals surface area contributed by atoms with Crippen molar-refractivity contribution in [1.29, 1.82) is 0 Å². The second-order valence-electron chi connectivity index (χ2n) is 4.49. The Morgan fingerprint density at radius 3 is 2.62 bits per heavy atom. The van der Waals surface area contributed by atoms with Crippen molar-refractivity contribution in [3.05, 3.63) is 46.6 Å². The first-order valence-corrected chi connectivity index (χ1v) is 7.10. The van der Waals surface area contributed by atoms with E-state index >= 15 is 0 Å². The van der Waals surface area contributed by atoms with Crippen LogP contribution in [0.3, 0.4) is 0 Å². The van der Waals surface area contributed by atoms with Crippen LogP contribution in [0.25, 0.3) is 11.2 Å². The summed E-state index contributed by atoms with van der Waals surface area (Å²) in [5.74, 6) is 0.845. The van der Waals surface area contributed by atoms with Gasteiger partial charge in [0, 0.05) is 6.54 Å². The van der Waals surface area contributed by atoms with Crippen molar-refractivity contribution in [2.24, 2.45) is 0 Å². The Morgan fingerprint density at radius 1 is 1.14 bits per heavy atom. The van der Waals surface area contributed by atoms with Gasteiger partial charge in [0.15, 0.2) is 10.8 Å². The summed E-state index contributed by atoms with van der Waals surface area (Å²) < 4.78 is 7.06. The lowest BCUT2D eigenvalue weighted by Crippen LogP contribution is -2.01. The molecule has 0 saturated heterocycles. The molecule has 0 aliphatic carbocycles. The summed E-state index contributed by atoms with van der Waals surface area (Å²) in [6, 6.07) is 7.95. The minimum absolute atomic E-state index is 0.124. The molecule has 0 aliphatic rings. The van der Waals surface area contributed by atoms with Crippen molar-refractivity contribution in [3.8, 4) is 5.75 Å². The van der Waals surface area contributed by atoms with Crippen molar-refractivity contribution in [2.45, 2.75) is 13.0 Å². The van der Waals surface area contributed by atoms with Crippen molar-refractivity contribution in [3.63, 3.8) is 0 Å². The number of halogens is 2. The highest BCUT2D eigenvalue weighted by molar-refractivity contribution is 6.35. The van der Waals surface area contributed by atoms with Gasteiger partial charge in [0.05, 0.1) is 13.4 Å². The summed E-state index contributed by atoms with van der Waals surface area (Å²) in [6.07, 6.45) is 2.54. The van der Waals surface area contributed by atoms with E-state index < -0.39 is 0 Å². The molecule has 0 spiro atoms. The van der Waals surface area contributed by atoms with Crippen LogP contribution in [0.5, 0.6) is 5.75 Å². The van der Waals surface area contributed by atoms with Gasteiger partial charge in [0.2, 0.25) is 5.28 Å². The Kier molecular flexibility index (Phi) is 3.94. The molecule has 0 radical (unpaired) electrons. The van der Waals surface area contributed by atoms with E-state index in [1.54, 1.807) is 13.4 Å². The third-order valence-electron chi connectivity index (χ3n) is 3.19. The number of aryl methyl sites for hydroxylation is 2. The molecule has 3 aromatic rings. The second kappa shape index (κ2) is 5.87. The summed E-state index contributed by atoms with van der Waals surface area (Å²) in [6.45, 7) is 0.729. The van der Waals surface area contributed by atoms with Crippen LogP contribution in [0.2, 0.25) is 10.4 Å². The third kappa shape index (κ3) is 2.94. The molecule has 2 heterocycles. The van der Waals surface area contributed by atoms with Crippen LogP contribution in [-0.2, 0) is 13.0 Å². The van der Waals surface area contributed by atoms with Gasteiger partial charge in [-0.1, -0.05) is 23.7 Å². The Bertz CT molecular complexity index is 770. The van der Waals surface area contributed by atoms with Crippen molar-refractivity contribution >= 4 is 34.4 Å². The number of fused-ring (bicyclic) bond motifs is 1. The van der Waals surface area contributed by atoms with Gasteiger partial charge in [0.25, 0.3) is 0 Å². The summed E-state index contributed by atoms with van der Waals surface area (Å²) in [5.41, 5.74) is 2.41. The molecule has 1 aromatic carbocycles. The van der Waals surface area contributed by atoms with Crippen LogP contribution in [0.1, 0.15) is 5.56 Å². The molecule has 0 saturated carbocycles. The van der Waals surface area contributed by atoms with Gasteiger partial charge in [-0.3, -0.25) is 0 Å². The maximum absolute atomic E-state index is 6.00. The van der Waals surface area contributed by atoms with Crippen molar-refractivity contribution in [2.75, 3.05) is 7.11 Å². The molecule has 5 nitrogen and oxygen atoms in total. The fourth-order valence-electron chi connectivity index (χ4n) is 2.09. The number of methoxy groups -OCH3 is 1. The topological polar surface area (TPSA) is 52.8 Å². The van der Waals surface area contributed by atoms with Crippen LogP contribution in [-0.4, -0.2) is 26.6 Å². The molecule has 0 bridgehead atoms. The molecule has 7 heteroatoms. The molecule has 0 unspecified atom stereocenters. The first kappa shape index (κ1) is 14.1. The number of benzene rings is 1. The number of hydrogen-bond acceptors (Lipinski definition) is 4. The molecule has 108 valence electrons. The van der Waals surface area contributed by atoms with Crippen molar-refractivity contribution in [1.82, 2.24) is 19.5 Å². The highest BCUT2D eigenvalue weighted by atomic mass is 35.5. The lowest BCUT2D eigenvalue weighted by atomic mass is 10.1. The zero-order chi connectivity index (χ0) is 14.8. The van der Waals surface area contributed by atoms with E-state index in [0.717, 1.165) is 18.7 Å². The highest BCUT2D eigenvalue weighted by Crippen LogP contribution is 2.21. The fourth-order valence-corrected chi connectivity index (χ4v) is 2.51. The highest BCUT2D eigenvalue weighted by Gasteiger charge is 2.10. The van der Waals surface area contributed by atoms with Crippen LogP contribution < -0.4 is 4.74 Å². The maximum Gasteiger partial charge on any atom is 0.225 e. The van der Waals surface area contributed by atoms with Gasteiger partial charge in [-0.15, -0.1) is 0 Å². The van der Waals surface area contributed by atoms with Gasteiger partial charge >= 0.3 is 0 Å². The SMILES string of the molecule is COc1ccc(CCn2cnc3c(Cl)nc(Cl)nc32)cc1. The minimum Gasteiger partial charge on any atom is -0.497 e. The molecule has 0 fully saturated rings. The van der Waals surface area contributed by atoms with Gasteiger partial charge in [-0.2, -0.15) is 4.98 Å². The first-order chi connectivity index (χ1) is 10.2. The van der Waals surface area contributed by atoms with E-state index in [9.17, 15) is 0 Å². The van der Waals surface area contributed by atoms with Crippen LogP contribution in [0.4, 0.5) is 0 Å². The number of hydrogen-bond donors (Lipinski definition) is 0. The molecule has 0 N–H and O–H groups in total. The molecular formula is C14H12Cl2N4O. The molecule has 21 heavy (non-hydrogen) atoms. The summed E-state index contributed by atoms with van der Waals surface area (Å²) >= 11 is 11.8. The molecule has 0 atom stereocenters. The number of rotatable bonds is 4. The van der Waals surface area contributed by atoms with Crippen molar-refractivity contribution < 1.29 is 4.74 Å². The molecule has 0 aliphatic heterocycles. The lowest BCUT2D eigenvalue weighted by Gasteiger charge is -2.05. The zero-order valence-electron chi connectivity index (χ0n) is 11.3. The number of imidazole rings is 1. The minimum atomic E-state index is 0.124. The molecule has 0 amide bonds. The molecule has 3 rings (SSSR count). The van der Waals surface area contributed by atoms with E-state index in [1.165, 1.54) is 5.56 Å². The van der Waals surface area contributed by atoms with Crippen LogP contribution in [0, 0.1) is 0 Å². The van der Waals surface area contributed by atoms with E-state index in [1.807, 2.05) is 28.8 Å². The number of aromatic nitrogens is 4. The van der Waals surface area contributed by atoms with Crippen LogP contribution >= 0.6 is 23.2 Å². The predicted octanol–water partition coefficient (Wildman–Crippen LogP) is 3.38. The maximum atomic E-state index is 6.00. The predicted molar refractivity (Wildman–Crippen MR) is 82.0 cm³/mol. The van der Waals surface area contributed by atoms with Gasteiger partial charge < -0.3 is 9.30 Å². The quantitative estimate of drug-likeness (QED) is 0.545. The second-order valence-corrected chi connectivity index (χ2v) is 5.19. The monoisotopic (exact) mass is 322 g/mol. The summed E-state index contributed by atoms with van der Waals surface area (Å²) in [4.78, 5) is 12.3. The largest absolute Gasteiger partial charge is 0.497 e. The molecule has 2 aromatic heterocycles. The normalized spacial score (nSPS) is 11.0. The van der Waals surface area contributed by atoms with E-state index in [2.05, 4.69) is 15.0 Å². The third-order valence-corrected chi connectivity index (χ3v) is 3.63. The Morgan fingerprint density at radius 2 is 1.90 bits per heavy atom. The van der Waals surface area contributed by atoms with E-state index in [0.29, 0.717) is 11.2 Å². The Labute approximate surface area is 131 Å². The van der Waals surface area contributed by atoms with Gasteiger partial charge in [0.1, 0.15) is 11.3 Å². The smallest absolute Gasteiger partial charge is 0.225 e. The Hall–Kier alpha value is -1.85. The van der Waals surface area contributed by atoms with Crippen LogP contribution in [0.15, 0.2) is 30.6 Å². The first-order valence-electron chi connectivity index (χ1n) is 6.34. The number of nitrogens with zero attached hydrogens (tertiary/aromatic N) is 4. The fraction of sp³-hybridized carbons (Fsp3) is 0.214. The van der Waals surface area contributed by atoms with Gasteiger partial charge in [-0.25, -0.2) is 9.97 Å². The van der Waals surface area contributed by atoms with E-state index in [4.69, 9.17) is 27.9 Å². The Balaban J connectivity index is 1.81. The average Bonchev–Trinajstić information content (AvgIpc) is 2.89. The average molecular weight is 323 g/mol.